The van der Waals surface area contributed by atoms with Gasteiger partial charge >= 0.3 is 5.97 Å². The van der Waals surface area contributed by atoms with Gasteiger partial charge in [0.2, 0.25) is 5.91 Å². The number of hydrogen-bond acceptors (Lipinski definition) is 5. The maximum Gasteiger partial charge on any atom is 0.306 e. The van der Waals surface area contributed by atoms with Gasteiger partial charge in [-0.2, -0.15) is 0 Å². The van der Waals surface area contributed by atoms with Gasteiger partial charge < -0.3 is 20.3 Å². The fourth-order valence-electron chi connectivity index (χ4n) is 7.78. The van der Waals surface area contributed by atoms with Crippen molar-refractivity contribution in [3.63, 3.8) is 0 Å². The van der Waals surface area contributed by atoms with Crippen molar-refractivity contribution >= 4 is 11.9 Å². The molecule has 0 saturated carbocycles. The number of aliphatic hydroxyl groups excluding tert-OH is 2. The zero-order chi connectivity index (χ0) is 41.0. The van der Waals surface area contributed by atoms with E-state index < -0.39 is 18.2 Å². The lowest BCUT2D eigenvalue weighted by atomic mass is 10.0. The van der Waals surface area contributed by atoms with E-state index in [9.17, 15) is 19.8 Å². The first-order valence-electron chi connectivity index (χ1n) is 24.9. The molecule has 0 bridgehead atoms. The largest absolute Gasteiger partial charge is 0.462 e. The summed E-state index contributed by atoms with van der Waals surface area (Å²) >= 11 is 0. The molecule has 0 aromatic rings. The Morgan fingerprint density at radius 3 is 1.29 bits per heavy atom. The van der Waals surface area contributed by atoms with Crippen molar-refractivity contribution in [1.82, 2.24) is 5.32 Å². The molecule has 0 radical (unpaired) electrons. The molecule has 0 aliphatic rings. The molecule has 0 fully saturated rings. The van der Waals surface area contributed by atoms with Crippen molar-refractivity contribution in [3.8, 4) is 0 Å². The summed E-state index contributed by atoms with van der Waals surface area (Å²) in [5, 5.41) is 23.7. The molecule has 3 atom stereocenters. The van der Waals surface area contributed by atoms with Gasteiger partial charge in [0.15, 0.2) is 0 Å². The third kappa shape index (κ3) is 39.4. The maximum atomic E-state index is 13.2. The number of amides is 1. The quantitative estimate of drug-likeness (QED) is 0.0324. The van der Waals surface area contributed by atoms with Crippen LogP contribution >= 0.6 is 0 Å². The molecule has 0 heterocycles. The summed E-state index contributed by atoms with van der Waals surface area (Å²) < 4.78 is 5.90. The van der Waals surface area contributed by atoms with Crippen LogP contribution in [0, 0.1) is 0 Å². The maximum absolute atomic E-state index is 13.2. The van der Waals surface area contributed by atoms with Crippen LogP contribution < -0.4 is 5.32 Å². The second-order valence-electron chi connectivity index (χ2n) is 17.2. The zero-order valence-corrected chi connectivity index (χ0v) is 37.8. The van der Waals surface area contributed by atoms with Crippen LogP contribution in [0.4, 0.5) is 0 Å². The number of hydrogen-bond donors (Lipinski definition) is 3. The van der Waals surface area contributed by atoms with E-state index in [1.807, 2.05) is 0 Å². The van der Waals surface area contributed by atoms with Gasteiger partial charge in [-0.15, -0.1) is 0 Å². The van der Waals surface area contributed by atoms with Crippen LogP contribution in [0.25, 0.3) is 0 Å². The highest BCUT2D eigenvalue weighted by Gasteiger charge is 2.24. The Labute approximate surface area is 349 Å². The average Bonchev–Trinajstić information content (AvgIpc) is 3.19. The van der Waals surface area contributed by atoms with E-state index in [2.05, 4.69) is 38.2 Å². The van der Waals surface area contributed by atoms with Crippen LogP contribution in [0.5, 0.6) is 0 Å². The zero-order valence-electron chi connectivity index (χ0n) is 37.8. The molecule has 6 nitrogen and oxygen atoms in total. The Kier molecular flexibility index (Phi) is 43.6. The number of aliphatic hydroxyl groups is 2. The Bertz CT molecular complexity index is 847. The van der Waals surface area contributed by atoms with Gasteiger partial charge in [-0.05, 0) is 51.4 Å². The van der Waals surface area contributed by atoms with Gasteiger partial charge in [-0.1, -0.05) is 219 Å². The predicted octanol–water partition coefficient (Wildman–Crippen LogP) is 14.6. The van der Waals surface area contributed by atoms with Gasteiger partial charge in [0.25, 0.3) is 0 Å². The van der Waals surface area contributed by atoms with Crippen LogP contribution in [0.3, 0.4) is 0 Å². The lowest BCUT2D eigenvalue weighted by molar-refractivity contribution is -0.151. The highest BCUT2D eigenvalue weighted by Crippen LogP contribution is 2.18. The van der Waals surface area contributed by atoms with Crippen LogP contribution in [0.1, 0.15) is 271 Å². The molecule has 0 aliphatic heterocycles. The summed E-state index contributed by atoms with van der Waals surface area (Å²) in [5.41, 5.74) is 0. The molecule has 6 heteroatoms. The molecule has 0 saturated heterocycles. The number of allylic oxidation sites excluding steroid dienone is 2. The fourth-order valence-corrected chi connectivity index (χ4v) is 7.78. The normalized spacial score (nSPS) is 13.3. The van der Waals surface area contributed by atoms with Crippen molar-refractivity contribution in [2.75, 3.05) is 6.61 Å². The van der Waals surface area contributed by atoms with Gasteiger partial charge in [-0.3, -0.25) is 9.59 Å². The van der Waals surface area contributed by atoms with E-state index in [0.717, 1.165) is 57.8 Å². The molecular weight excluding hydrogens is 695 g/mol. The van der Waals surface area contributed by atoms with Crippen molar-refractivity contribution in [2.45, 2.75) is 289 Å². The van der Waals surface area contributed by atoms with E-state index in [0.29, 0.717) is 19.3 Å². The molecule has 1 amide bonds. The first kappa shape index (κ1) is 54.6. The van der Waals surface area contributed by atoms with Crippen LogP contribution in [0.2, 0.25) is 0 Å². The Morgan fingerprint density at radius 1 is 0.500 bits per heavy atom. The number of ether oxygens (including phenoxy) is 1. The van der Waals surface area contributed by atoms with Gasteiger partial charge in [-0.25, -0.2) is 0 Å². The van der Waals surface area contributed by atoms with E-state index in [4.69, 9.17) is 4.74 Å². The fraction of sp³-hybridized carbons (Fsp3) is 0.920. The van der Waals surface area contributed by atoms with E-state index >= 15 is 0 Å². The molecule has 3 N–H and O–H groups in total. The van der Waals surface area contributed by atoms with E-state index in [-0.39, 0.29) is 24.9 Å². The lowest BCUT2D eigenvalue weighted by Crippen LogP contribution is -2.46. The minimum absolute atomic E-state index is 0.0733. The highest BCUT2D eigenvalue weighted by atomic mass is 16.5. The minimum atomic E-state index is -0.784. The number of esters is 1. The average molecular weight is 792 g/mol. The first-order valence-corrected chi connectivity index (χ1v) is 24.9. The third-order valence-electron chi connectivity index (χ3n) is 11.6. The molecule has 0 spiro atoms. The van der Waals surface area contributed by atoms with Gasteiger partial charge in [0, 0.05) is 6.42 Å². The van der Waals surface area contributed by atoms with E-state index in [1.54, 1.807) is 0 Å². The number of carbonyl (C=O) groups is 2. The van der Waals surface area contributed by atoms with Crippen LogP contribution in [0.15, 0.2) is 12.2 Å². The topological polar surface area (TPSA) is 95.9 Å². The first-order chi connectivity index (χ1) is 27.5. The van der Waals surface area contributed by atoms with Gasteiger partial charge in [0.05, 0.1) is 25.2 Å². The van der Waals surface area contributed by atoms with Crippen LogP contribution in [-0.4, -0.2) is 46.9 Å². The monoisotopic (exact) mass is 792 g/mol. The summed E-state index contributed by atoms with van der Waals surface area (Å²) in [4.78, 5) is 26.0. The minimum Gasteiger partial charge on any atom is -0.462 e. The summed E-state index contributed by atoms with van der Waals surface area (Å²) in [6, 6.07) is -0.698. The standard InChI is InChI=1S/C50H97NO5/c1-4-7-10-13-16-19-21-23-25-27-30-32-35-38-41-46(56-50(55)43-40-37-34-29-18-15-12-9-6-3)44-49(54)51-47(45-52)48(53)42-39-36-33-31-28-26-24-22-20-17-14-11-8-5-2/h25,27,46-48,52-53H,4-24,26,28-45H2,1-3H3,(H,51,54)/b27-25+. The predicted molar refractivity (Wildman–Crippen MR) is 241 cm³/mol. The Hall–Kier alpha value is -1.40. The third-order valence-corrected chi connectivity index (χ3v) is 11.6. The number of carbonyl (C=O) groups excluding carboxylic acids is 2. The summed E-state index contributed by atoms with van der Waals surface area (Å²) in [5.74, 6) is -0.478. The second kappa shape index (κ2) is 44.7. The number of rotatable bonds is 45. The van der Waals surface area contributed by atoms with Gasteiger partial charge in [0.1, 0.15) is 6.10 Å². The van der Waals surface area contributed by atoms with Crippen molar-refractivity contribution in [2.24, 2.45) is 0 Å². The lowest BCUT2D eigenvalue weighted by Gasteiger charge is -2.24. The molecule has 56 heavy (non-hydrogen) atoms. The molecule has 0 aromatic heterocycles. The Morgan fingerprint density at radius 2 is 0.857 bits per heavy atom. The summed E-state index contributed by atoms with van der Waals surface area (Å²) in [7, 11) is 0. The highest BCUT2D eigenvalue weighted by molar-refractivity contribution is 5.77. The molecular formula is C50H97NO5. The molecule has 0 aromatic carbocycles. The number of nitrogens with one attached hydrogen (secondary N) is 1. The summed E-state index contributed by atoms with van der Waals surface area (Å²) in [6.07, 6.45) is 48.4. The SMILES string of the molecule is CCCCCCCCC/C=C/CCCCCC(CC(=O)NC(CO)C(O)CCCCCCCCCCCCCCCC)OC(=O)CCCCCCCCCCC. The van der Waals surface area contributed by atoms with E-state index in [1.165, 1.54) is 167 Å². The van der Waals surface area contributed by atoms with Crippen molar-refractivity contribution in [1.29, 1.82) is 0 Å². The smallest absolute Gasteiger partial charge is 0.306 e. The molecule has 0 aliphatic carbocycles. The van der Waals surface area contributed by atoms with Crippen molar-refractivity contribution in [3.05, 3.63) is 12.2 Å². The molecule has 3 unspecified atom stereocenters. The number of unbranched alkanes of at least 4 members (excludes halogenated alkanes) is 31. The van der Waals surface area contributed by atoms with Crippen molar-refractivity contribution < 1.29 is 24.5 Å². The second-order valence-corrected chi connectivity index (χ2v) is 17.2. The summed E-state index contributed by atoms with van der Waals surface area (Å²) in [6.45, 7) is 6.47. The molecule has 332 valence electrons. The molecule has 0 rings (SSSR count). The van der Waals surface area contributed by atoms with Crippen LogP contribution in [-0.2, 0) is 14.3 Å². The Balaban J connectivity index is 4.52.